The number of rotatable bonds is 4. The summed E-state index contributed by atoms with van der Waals surface area (Å²) in [6.07, 6.45) is -10.8. The van der Waals surface area contributed by atoms with Gasteiger partial charge in [0.1, 0.15) is 22.6 Å². The first-order valence-electron chi connectivity index (χ1n) is 8.62. The van der Waals surface area contributed by atoms with Gasteiger partial charge in [0.2, 0.25) is 0 Å². The van der Waals surface area contributed by atoms with Crippen LogP contribution in [0.25, 0.3) is 0 Å². The molecule has 35 heavy (non-hydrogen) atoms. The third-order valence-corrected chi connectivity index (χ3v) is 6.58. The van der Waals surface area contributed by atoms with Crippen molar-refractivity contribution in [3.05, 3.63) is 54.2 Å². The fourth-order valence-corrected chi connectivity index (χ4v) is 5.13. The number of benzene rings is 2. The van der Waals surface area contributed by atoms with E-state index in [0.717, 1.165) is 6.07 Å². The van der Waals surface area contributed by atoms with Gasteiger partial charge in [-0.3, -0.25) is 0 Å². The monoisotopic (exact) mass is 747 g/mol. The number of carbonyl (C=O) groups excluding carboxylic acids is 3. The first kappa shape index (κ1) is 27.5. The van der Waals surface area contributed by atoms with Crippen LogP contribution in [-0.4, -0.2) is 48.4 Å². The standard InChI is InChI=1S/C18H7F5I2O9S/c19-17(20,21)16(18(22,23)35(29,30)31)34-13(26)6-1-2-10-8(3-6)14(27)33-11-5-7(24)4-9(25)12(11)15(28)32-10/h1-5,16H,(H,29,30,31)/p-1. The number of alkyl halides is 5. The van der Waals surface area contributed by atoms with Crippen LogP contribution in [0.4, 0.5) is 22.0 Å². The maximum atomic E-state index is 13.6. The van der Waals surface area contributed by atoms with E-state index in [1.807, 2.05) is 22.6 Å². The van der Waals surface area contributed by atoms with E-state index in [1.165, 1.54) is 6.07 Å². The van der Waals surface area contributed by atoms with Gasteiger partial charge in [0, 0.05) is 7.14 Å². The van der Waals surface area contributed by atoms with Gasteiger partial charge in [0.15, 0.2) is 10.1 Å². The minimum atomic E-state index is -6.90. The van der Waals surface area contributed by atoms with E-state index in [-0.39, 0.29) is 11.3 Å². The van der Waals surface area contributed by atoms with E-state index in [4.69, 9.17) is 9.47 Å². The molecule has 0 bridgehead atoms. The number of esters is 3. The van der Waals surface area contributed by atoms with Crippen LogP contribution in [0.1, 0.15) is 31.1 Å². The van der Waals surface area contributed by atoms with E-state index in [2.05, 4.69) is 4.74 Å². The Morgan fingerprint density at radius 2 is 1.57 bits per heavy atom. The lowest BCUT2D eigenvalue weighted by molar-refractivity contribution is -0.248. The van der Waals surface area contributed by atoms with Gasteiger partial charge in [0.25, 0.3) is 6.10 Å². The molecule has 0 amide bonds. The molecule has 17 heteroatoms. The van der Waals surface area contributed by atoms with Crippen LogP contribution in [0, 0.1) is 7.14 Å². The third-order valence-electron chi connectivity index (χ3n) is 4.22. The summed E-state index contributed by atoms with van der Waals surface area (Å²) >= 11 is 3.65. The molecule has 0 saturated heterocycles. The van der Waals surface area contributed by atoms with Crippen LogP contribution in [0.3, 0.4) is 0 Å². The summed E-state index contributed by atoms with van der Waals surface area (Å²) in [7, 11) is -6.90. The molecule has 0 radical (unpaired) electrons. The van der Waals surface area contributed by atoms with Gasteiger partial charge in [0.05, 0.1) is 5.56 Å². The molecule has 0 aliphatic carbocycles. The number of fused-ring (bicyclic) bond motifs is 2. The van der Waals surface area contributed by atoms with Crippen molar-refractivity contribution in [3.8, 4) is 11.5 Å². The molecule has 1 unspecified atom stereocenters. The zero-order chi connectivity index (χ0) is 26.5. The molecule has 188 valence electrons. The lowest BCUT2D eigenvalue weighted by Crippen LogP contribution is -2.52. The largest absolute Gasteiger partial charge is 0.743 e. The summed E-state index contributed by atoms with van der Waals surface area (Å²) in [6.45, 7) is 0. The molecular formula is C18H6F5I2O9S-. The number of hydrogen-bond donors (Lipinski definition) is 0. The Hall–Kier alpha value is -2.13. The van der Waals surface area contributed by atoms with Crippen molar-refractivity contribution in [2.75, 3.05) is 0 Å². The van der Waals surface area contributed by atoms with Gasteiger partial charge in [-0.25, -0.2) is 22.8 Å². The molecule has 0 saturated carbocycles. The SMILES string of the molecule is O=C(OC(C(F)(F)F)C(F)(F)S(=O)(=O)[O-])c1ccc2c(c1)C(=O)Oc1cc(I)cc(I)c1C(=O)O2. The molecule has 0 spiro atoms. The van der Waals surface area contributed by atoms with Crippen LogP contribution in [0.15, 0.2) is 30.3 Å². The Kier molecular flexibility index (Phi) is 7.37. The summed E-state index contributed by atoms with van der Waals surface area (Å²) < 4.78 is 113. The first-order valence-corrected chi connectivity index (χ1v) is 12.2. The van der Waals surface area contributed by atoms with Crippen LogP contribution in [-0.2, 0) is 14.9 Å². The average Bonchev–Trinajstić information content (AvgIpc) is 2.68. The second-order valence-corrected chi connectivity index (χ2v) is 10.5. The highest BCUT2D eigenvalue weighted by Crippen LogP contribution is 2.39. The maximum Gasteiger partial charge on any atom is 0.432 e. The first-order chi connectivity index (χ1) is 15.9. The van der Waals surface area contributed by atoms with Gasteiger partial charge < -0.3 is 18.8 Å². The predicted molar refractivity (Wildman–Crippen MR) is 118 cm³/mol. The molecule has 2 aromatic rings. The lowest BCUT2D eigenvalue weighted by Gasteiger charge is -2.29. The van der Waals surface area contributed by atoms with Crippen LogP contribution < -0.4 is 9.47 Å². The number of carbonyl (C=O) groups is 3. The molecule has 3 rings (SSSR count). The molecule has 9 nitrogen and oxygen atoms in total. The van der Waals surface area contributed by atoms with Gasteiger partial charge >= 0.3 is 29.3 Å². The summed E-state index contributed by atoms with van der Waals surface area (Å²) in [5, 5.41) is -6.06. The minimum Gasteiger partial charge on any atom is -0.743 e. The Morgan fingerprint density at radius 1 is 0.971 bits per heavy atom. The summed E-state index contributed by atoms with van der Waals surface area (Å²) in [6, 6.07) is 4.83. The van der Waals surface area contributed by atoms with Crippen LogP contribution in [0.5, 0.6) is 11.5 Å². The van der Waals surface area contributed by atoms with Crippen molar-refractivity contribution in [1.29, 1.82) is 0 Å². The van der Waals surface area contributed by atoms with Gasteiger partial charge in [-0.15, -0.1) is 0 Å². The van der Waals surface area contributed by atoms with E-state index < -0.39 is 62.4 Å². The van der Waals surface area contributed by atoms with Crippen molar-refractivity contribution in [2.24, 2.45) is 0 Å². The summed E-state index contributed by atoms with van der Waals surface area (Å²) in [5.74, 6) is -5.10. The van der Waals surface area contributed by atoms with E-state index in [9.17, 15) is 49.3 Å². The van der Waals surface area contributed by atoms with Crippen molar-refractivity contribution >= 4 is 73.2 Å². The number of hydrogen-bond acceptors (Lipinski definition) is 9. The van der Waals surface area contributed by atoms with E-state index >= 15 is 0 Å². The second kappa shape index (κ2) is 9.39. The summed E-state index contributed by atoms with van der Waals surface area (Å²) in [5.41, 5.74) is -1.73. The van der Waals surface area contributed by atoms with Crippen molar-refractivity contribution in [3.63, 3.8) is 0 Å². The van der Waals surface area contributed by atoms with Crippen molar-refractivity contribution in [1.82, 2.24) is 0 Å². The molecule has 2 aromatic carbocycles. The molecule has 0 fully saturated rings. The minimum absolute atomic E-state index is 0.109. The highest BCUT2D eigenvalue weighted by atomic mass is 127. The molecular weight excluding hydrogens is 741 g/mol. The maximum absolute atomic E-state index is 13.6. The quantitative estimate of drug-likeness (QED) is 0.150. The fraction of sp³-hybridized carbons (Fsp3) is 0.167. The summed E-state index contributed by atoms with van der Waals surface area (Å²) in [4.78, 5) is 37.3. The molecule has 1 aliphatic rings. The normalized spacial score (nSPS) is 15.1. The van der Waals surface area contributed by atoms with Crippen molar-refractivity contribution < 1.29 is 63.5 Å². The number of ether oxygens (including phenoxy) is 3. The molecule has 1 heterocycles. The van der Waals surface area contributed by atoms with Gasteiger partial charge in [-0.05, 0) is 75.5 Å². The zero-order valence-corrected chi connectivity index (χ0v) is 21.3. The van der Waals surface area contributed by atoms with Crippen molar-refractivity contribution in [2.45, 2.75) is 17.5 Å². The van der Waals surface area contributed by atoms with E-state index in [0.29, 0.717) is 19.3 Å². The number of halogens is 7. The Labute approximate surface area is 218 Å². The Morgan fingerprint density at radius 3 is 2.14 bits per heavy atom. The highest BCUT2D eigenvalue weighted by molar-refractivity contribution is 14.1. The van der Waals surface area contributed by atoms with Crippen LogP contribution >= 0.6 is 45.2 Å². The molecule has 0 N–H and O–H groups in total. The van der Waals surface area contributed by atoms with E-state index in [1.54, 1.807) is 28.7 Å². The molecule has 1 atom stereocenters. The van der Waals surface area contributed by atoms with Crippen LogP contribution in [0.2, 0.25) is 0 Å². The smallest absolute Gasteiger partial charge is 0.432 e. The highest BCUT2D eigenvalue weighted by Gasteiger charge is 2.63. The lowest BCUT2D eigenvalue weighted by atomic mass is 10.1. The second-order valence-electron chi connectivity index (χ2n) is 6.59. The predicted octanol–water partition coefficient (Wildman–Crippen LogP) is 3.87. The topological polar surface area (TPSA) is 136 Å². The molecule has 1 aliphatic heterocycles. The Balaban J connectivity index is 2.00. The van der Waals surface area contributed by atoms with Gasteiger partial charge in [-0.2, -0.15) is 22.0 Å². The third kappa shape index (κ3) is 5.50. The van der Waals surface area contributed by atoms with Gasteiger partial charge in [-0.1, -0.05) is 0 Å². The average molecular weight is 747 g/mol. The fourth-order valence-electron chi connectivity index (χ4n) is 2.67. The Bertz CT molecular complexity index is 1360. The zero-order valence-electron chi connectivity index (χ0n) is 16.2. The molecule has 0 aromatic heterocycles.